The van der Waals surface area contributed by atoms with Crippen LogP contribution in [0.1, 0.15) is 11.3 Å². The molecule has 0 atom stereocenters. The summed E-state index contributed by atoms with van der Waals surface area (Å²) in [6.45, 7) is 0.0839. The highest BCUT2D eigenvalue weighted by atomic mass is 16.6. The van der Waals surface area contributed by atoms with Gasteiger partial charge in [-0.2, -0.15) is 5.10 Å². The molecule has 0 aliphatic carbocycles. The summed E-state index contributed by atoms with van der Waals surface area (Å²) < 4.78 is 5.01. The molecule has 1 heterocycles. The van der Waals surface area contributed by atoms with Gasteiger partial charge in [-0.1, -0.05) is 12.1 Å². The second-order valence-electron chi connectivity index (χ2n) is 4.66. The highest BCUT2D eigenvalue weighted by Gasteiger charge is 2.12. The number of nitro benzene ring substituents is 1. The molecule has 0 fully saturated rings. The Labute approximate surface area is 142 Å². The maximum atomic E-state index is 11.5. The number of benzene rings is 1. The van der Waals surface area contributed by atoms with Gasteiger partial charge < -0.3 is 9.73 Å². The fourth-order valence-electron chi connectivity index (χ4n) is 1.79. The number of carbonyl (C=O) groups excluding carboxylic acids is 2. The first-order valence-corrected chi connectivity index (χ1v) is 7.11. The Balaban J connectivity index is 1.81. The Morgan fingerprint density at radius 2 is 2.00 bits per heavy atom. The molecule has 25 heavy (non-hydrogen) atoms. The number of nitro groups is 1. The Bertz CT molecular complexity index is 812. The van der Waals surface area contributed by atoms with E-state index >= 15 is 0 Å². The first-order chi connectivity index (χ1) is 12.1. The van der Waals surface area contributed by atoms with Crippen molar-refractivity contribution in [2.75, 3.05) is 0 Å². The summed E-state index contributed by atoms with van der Waals surface area (Å²) in [5.41, 5.74) is 2.38. The van der Waals surface area contributed by atoms with E-state index in [1.807, 2.05) is 5.43 Å². The van der Waals surface area contributed by atoms with Gasteiger partial charge in [0.15, 0.2) is 0 Å². The molecule has 2 aromatic rings. The number of carbonyl (C=O) groups is 2. The van der Waals surface area contributed by atoms with Crippen LogP contribution in [0, 0.1) is 10.1 Å². The number of hydrogen-bond acceptors (Lipinski definition) is 6. The van der Waals surface area contributed by atoms with E-state index in [0.717, 1.165) is 0 Å². The maximum Gasteiger partial charge on any atom is 0.329 e. The van der Waals surface area contributed by atoms with E-state index in [1.54, 1.807) is 30.3 Å². The van der Waals surface area contributed by atoms with Gasteiger partial charge in [-0.25, -0.2) is 5.43 Å². The van der Waals surface area contributed by atoms with Crippen molar-refractivity contribution in [3.63, 3.8) is 0 Å². The zero-order valence-electron chi connectivity index (χ0n) is 12.9. The molecule has 1 aromatic carbocycles. The molecular formula is C16H14N4O5. The largest absolute Gasteiger partial charge is 0.467 e. The van der Waals surface area contributed by atoms with Crippen LogP contribution in [0.5, 0.6) is 0 Å². The lowest BCUT2D eigenvalue weighted by Crippen LogP contribution is -2.37. The van der Waals surface area contributed by atoms with Gasteiger partial charge in [0.2, 0.25) is 0 Å². The molecule has 0 aliphatic rings. The van der Waals surface area contributed by atoms with Crippen LogP contribution in [0.15, 0.2) is 58.3 Å². The minimum atomic E-state index is -0.943. The van der Waals surface area contributed by atoms with Crippen LogP contribution in [0.3, 0.4) is 0 Å². The molecule has 128 valence electrons. The highest BCUT2D eigenvalue weighted by Crippen LogP contribution is 2.18. The Hall–Kier alpha value is -3.75. The molecule has 9 heteroatoms. The van der Waals surface area contributed by atoms with E-state index in [4.69, 9.17) is 4.42 Å². The molecule has 1 aromatic heterocycles. The number of amides is 2. The second-order valence-corrected chi connectivity index (χ2v) is 4.66. The topological polar surface area (TPSA) is 127 Å². The zero-order chi connectivity index (χ0) is 18.1. The number of allylic oxidation sites excluding steroid dienone is 1. The molecule has 0 saturated carbocycles. The molecule has 2 N–H and O–H groups in total. The summed E-state index contributed by atoms with van der Waals surface area (Å²) in [5.74, 6) is -1.30. The Morgan fingerprint density at radius 3 is 2.72 bits per heavy atom. The van der Waals surface area contributed by atoms with Gasteiger partial charge in [0.1, 0.15) is 5.76 Å². The highest BCUT2D eigenvalue weighted by molar-refractivity contribution is 6.35. The molecule has 0 radical (unpaired) electrons. The third kappa shape index (κ3) is 5.43. The number of hydrogen-bond donors (Lipinski definition) is 2. The van der Waals surface area contributed by atoms with Crippen molar-refractivity contribution >= 4 is 29.8 Å². The monoisotopic (exact) mass is 342 g/mol. The summed E-state index contributed by atoms with van der Waals surface area (Å²) in [5, 5.41) is 16.8. The van der Waals surface area contributed by atoms with Gasteiger partial charge >= 0.3 is 11.8 Å². The molecule has 0 bridgehead atoms. The van der Waals surface area contributed by atoms with Crippen molar-refractivity contribution in [1.82, 2.24) is 10.7 Å². The van der Waals surface area contributed by atoms with Crippen molar-refractivity contribution in [3.05, 3.63) is 70.2 Å². The van der Waals surface area contributed by atoms with Crippen LogP contribution >= 0.6 is 0 Å². The number of nitrogens with one attached hydrogen (secondary N) is 2. The summed E-state index contributed by atoms with van der Waals surface area (Å²) in [6, 6.07) is 9.49. The SMILES string of the molecule is O=C(NCc1ccco1)C(=O)N/N=C\C=C\c1ccccc1[N+](=O)[O-]. The second kappa shape index (κ2) is 8.77. The minimum absolute atomic E-state index is 0.0477. The van der Waals surface area contributed by atoms with Crippen LogP contribution in [0.2, 0.25) is 0 Å². The molecule has 9 nitrogen and oxygen atoms in total. The smallest absolute Gasteiger partial charge is 0.329 e. The van der Waals surface area contributed by atoms with E-state index in [9.17, 15) is 19.7 Å². The summed E-state index contributed by atoms with van der Waals surface area (Å²) in [4.78, 5) is 33.4. The molecule has 2 amide bonds. The lowest BCUT2D eigenvalue weighted by Gasteiger charge is -2.00. The number of hydrazone groups is 1. The third-order valence-electron chi connectivity index (χ3n) is 2.95. The molecule has 2 rings (SSSR count). The summed E-state index contributed by atoms with van der Waals surface area (Å²) in [7, 11) is 0. The van der Waals surface area contributed by atoms with Gasteiger partial charge in [-0.15, -0.1) is 0 Å². The van der Waals surface area contributed by atoms with Crippen LogP contribution < -0.4 is 10.7 Å². The van der Waals surface area contributed by atoms with Crippen molar-refractivity contribution in [1.29, 1.82) is 0 Å². The standard InChI is InChI=1S/C16H14N4O5/c21-15(17-11-13-7-4-10-25-13)16(22)19-18-9-3-6-12-5-1-2-8-14(12)20(23)24/h1-10H,11H2,(H,17,21)(H,19,22)/b6-3+,18-9-. The predicted molar refractivity (Wildman–Crippen MR) is 89.3 cm³/mol. The number of furan rings is 1. The van der Waals surface area contributed by atoms with Crippen molar-refractivity contribution in [3.8, 4) is 0 Å². The number of nitrogens with zero attached hydrogens (tertiary/aromatic N) is 2. The van der Waals surface area contributed by atoms with Gasteiger partial charge in [-0.3, -0.25) is 19.7 Å². The van der Waals surface area contributed by atoms with Crippen LogP contribution in [-0.4, -0.2) is 23.0 Å². The first-order valence-electron chi connectivity index (χ1n) is 7.11. The van der Waals surface area contributed by atoms with Crippen molar-refractivity contribution < 1.29 is 18.9 Å². The van der Waals surface area contributed by atoms with E-state index in [0.29, 0.717) is 11.3 Å². The first kappa shape index (κ1) is 17.6. The van der Waals surface area contributed by atoms with Gasteiger partial charge in [0.25, 0.3) is 5.69 Å². The quantitative estimate of drug-likeness (QED) is 0.357. The van der Waals surface area contributed by atoms with Crippen LogP contribution in [0.4, 0.5) is 5.69 Å². The summed E-state index contributed by atoms with van der Waals surface area (Å²) >= 11 is 0. The Kier molecular flexibility index (Phi) is 6.18. The fourth-order valence-corrected chi connectivity index (χ4v) is 1.79. The maximum absolute atomic E-state index is 11.5. The average molecular weight is 342 g/mol. The van der Waals surface area contributed by atoms with Crippen molar-refractivity contribution in [2.24, 2.45) is 5.10 Å². The van der Waals surface area contributed by atoms with Gasteiger partial charge in [0.05, 0.1) is 23.3 Å². The third-order valence-corrected chi connectivity index (χ3v) is 2.95. The van der Waals surface area contributed by atoms with Crippen LogP contribution in [0.25, 0.3) is 6.08 Å². The van der Waals surface area contributed by atoms with Crippen LogP contribution in [-0.2, 0) is 16.1 Å². The minimum Gasteiger partial charge on any atom is -0.467 e. The normalized spacial score (nSPS) is 10.9. The van der Waals surface area contributed by atoms with E-state index < -0.39 is 16.7 Å². The average Bonchev–Trinajstić information content (AvgIpc) is 3.13. The summed E-state index contributed by atoms with van der Waals surface area (Å²) in [6.07, 6.45) is 5.53. The number of para-hydroxylation sites is 1. The molecule has 0 unspecified atom stereocenters. The molecule has 0 aliphatic heterocycles. The Morgan fingerprint density at radius 1 is 1.20 bits per heavy atom. The zero-order valence-corrected chi connectivity index (χ0v) is 12.9. The van der Waals surface area contributed by atoms with Gasteiger partial charge in [-0.05, 0) is 30.4 Å². The predicted octanol–water partition coefficient (Wildman–Crippen LogP) is 1.62. The lowest BCUT2D eigenvalue weighted by atomic mass is 10.2. The molecule has 0 spiro atoms. The molecular weight excluding hydrogens is 328 g/mol. The van der Waals surface area contributed by atoms with E-state index in [1.165, 1.54) is 30.7 Å². The molecule has 0 saturated heterocycles. The van der Waals surface area contributed by atoms with E-state index in [-0.39, 0.29) is 12.2 Å². The lowest BCUT2D eigenvalue weighted by molar-refractivity contribution is -0.385. The van der Waals surface area contributed by atoms with Crippen molar-refractivity contribution in [2.45, 2.75) is 6.54 Å². The van der Waals surface area contributed by atoms with E-state index in [2.05, 4.69) is 10.4 Å². The fraction of sp³-hybridized carbons (Fsp3) is 0.0625. The van der Waals surface area contributed by atoms with Gasteiger partial charge in [0, 0.05) is 12.3 Å². The number of rotatable bonds is 6.